The summed E-state index contributed by atoms with van der Waals surface area (Å²) in [5, 5.41) is 0. The normalized spacial score (nSPS) is 26.5. The highest BCUT2D eigenvalue weighted by atomic mass is 79.9. The van der Waals surface area contributed by atoms with E-state index < -0.39 is 0 Å². The van der Waals surface area contributed by atoms with Crippen LogP contribution in [0.15, 0.2) is 34.4 Å². The van der Waals surface area contributed by atoms with E-state index in [9.17, 15) is 0 Å². The summed E-state index contributed by atoms with van der Waals surface area (Å²) < 4.78 is 1.26. The third-order valence-corrected chi connectivity index (χ3v) is 5.38. The second-order valence-corrected chi connectivity index (χ2v) is 7.43. The quantitative estimate of drug-likeness (QED) is 0.774. The molecule has 2 aliphatic carbocycles. The fourth-order valence-corrected chi connectivity index (χ4v) is 3.65. The van der Waals surface area contributed by atoms with Gasteiger partial charge in [-0.05, 0) is 67.1 Å². The first kappa shape index (κ1) is 17.0. The van der Waals surface area contributed by atoms with E-state index in [0.29, 0.717) is 0 Å². The lowest BCUT2D eigenvalue weighted by molar-refractivity contribution is 0.197. The molecule has 1 fully saturated rings. The minimum Gasteiger partial charge on any atom is -0.330 e. The molecule has 0 atom stereocenters. The number of allylic oxidation sites excluding steroid dienone is 4. The smallest absolute Gasteiger partial charge is 0.0233 e. The van der Waals surface area contributed by atoms with Gasteiger partial charge >= 0.3 is 0 Å². The summed E-state index contributed by atoms with van der Waals surface area (Å²) in [4.78, 5) is 2.59. The third kappa shape index (κ3) is 5.72. The van der Waals surface area contributed by atoms with Crippen LogP contribution in [0.4, 0.5) is 0 Å². The van der Waals surface area contributed by atoms with Crippen LogP contribution in [0.25, 0.3) is 0 Å². The lowest BCUT2D eigenvalue weighted by atomic mass is 9.82. The molecule has 2 N–H and O–H groups in total. The van der Waals surface area contributed by atoms with Crippen molar-refractivity contribution < 1.29 is 0 Å². The summed E-state index contributed by atoms with van der Waals surface area (Å²) in [6.45, 7) is 6.60. The van der Waals surface area contributed by atoms with E-state index in [2.05, 4.69) is 52.1 Å². The third-order valence-electron chi connectivity index (χ3n) is 4.79. The van der Waals surface area contributed by atoms with E-state index in [0.717, 1.165) is 37.9 Å². The number of nitrogens with zero attached hydrogens (tertiary/aromatic N) is 1. The molecule has 0 amide bonds. The van der Waals surface area contributed by atoms with Crippen LogP contribution in [0.2, 0.25) is 0 Å². The lowest BCUT2D eigenvalue weighted by Gasteiger charge is -2.32. The standard InChI is InChI=1S/C18H29BrN2/c1-2-21(13-16-4-3-5-18(19)11-10-16)14-17-8-6-15(12-20)7-9-17/h3-4,10-11,15,17H,2,5-9,12-14,20H2,1H3. The summed E-state index contributed by atoms with van der Waals surface area (Å²) >= 11 is 3.58. The first-order valence-corrected chi connectivity index (χ1v) is 9.14. The highest BCUT2D eigenvalue weighted by Gasteiger charge is 2.21. The number of halogens is 1. The van der Waals surface area contributed by atoms with Crippen LogP contribution in [0.1, 0.15) is 39.0 Å². The van der Waals surface area contributed by atoms with Crippen molar-refractivity contribution in [3.8, 4) is 0 Å². The second-order valence-electron chi connectivity index (χ2n) is 6.41. The van der Waals surface area contributed by atoms with Crippen LogP contribution >= 0.6 is 15.9 Å². The Hall–Kier alpha value is -0.380. The summed E-state index contributed by atoms with van der Waals surface area (Å²) in [6, 6.07) is 0. The van der Waals surface area contributed by atoms with Crippen LogP contribution in [0.3, 0.4) is 0 Å². The van der Waals surface area contributed by atoms with Crippen LogP contribution in [0, 0.1) is 11.8 Å². The zero-order valence-corrected chi connectivity index (χ0v) is 14.8. The number of hydrogen-bond acceptors (Lipinski definition) is 2. The molecule has 2 nitrogen and oxygen atoms in total. The van der Waals surface area contributed by atoms with Gasteiger partial charge in [-0.3, -0.25) is 4.90 Å². The summed E-state index contributed by atoms with van der Waals surface area (Å²) in [6.07, 6.45) is 15.4. The summed E-state index contributed by atoms with van der Waals surface area (Å²) in [5.74, 6) is 1.65. The number of nitrogens with two attached hydrogens (primary N) is 1. The van der Waals surface area contributed by atoms with Crippen molar-refractivity contribution in [2.45, 2.75) is 39.0 Å². The topological polar surface area (TPSA) is 29.3 Å². The van der Waals surface area contributed by atoms with E-state index in [4.69, 9.17) is 5.73 Å². The molecule has 1 saturated carbocycles. The molecule has 0 aromatic heterocycles. The molecule has 2 rings (SSSR count). The van der Waals surface area contributed by atoms with E-state index in [1.54, 1.807) is 0 Å². The minimum atomic E-state index is 0.784. The Labute approximate surface area is 138 Å². The van der Waals surface area contributed by atoms with Gasteiger partial charge in [-0.15, -0.1) is 0 Å². The van der Waals surface area contributed by atoms with Crippen molar-refractivity contribution in [2.75, 3.05) is 26.2 Å². The molecule has 0 aromatic carbocycles. The van der Waals surface area contributed by atoms with Crippen molar-refractivity contribution in [1.82, 2.24) is 4.90 Å². The molecular weight excluding hydrogens is 324 g/mol. The van der Waals surface area contributed by atoms with Crippen molar-refractivity contribution in [2.24, 2.45) is 17.6 Å². The highest BCUT2D eigenvalue weighted by Crippen LogP contribution is 2.29. The van der Waals surface area contributed by atoms with Gasteiger partial charge in [0.2, 0.25) is 0 Å². The molecule has 118 valence electrons. The molecule has 0 saturated heterocycles. The zero-order valence-electron chi connectivity index (χ0n) is 13.2. The fraction of sp³-hybridized carbons (Fsp3) is 0.667. The Kier molecular flexibility index (Phi) is 7.21. The van der Waals surface area contributed by atoms with Gasteiger partial charge in [0.25, 0.3) is 0 Å². The molecule has 0 aromatic rings. The van der Waals surface area contributed by atoms with E-state index in [1.165, 1.54) is 42.3 Å². The molecule has 3 heteroatoms. The monoisotopic (exact) mass is 352 g/mol. The molecular formula is C18H29BrN2. The number of hydrogen-bond donors (Lipinski definition) is 1. The van der Waals surface area contributed by atoms with Crippen LogP contribution < -0.4 is 5.73 Å². The van der Waals surface area contributed by atoms with Gasteiger partial charge in [0.05, 0.1) is 0 Å². The molecule has 0 heterocycles. The maximum Gasteiger partial charge on any atom is 0.0233 e. The predicted octanol–water partition coefficient (Wildman–Crippen LogP) is 4.24. The molecule has 0 bridgehead atoms. The first-order valence-electron chi connectivity index (χ1n) is 8.35. The Morgan fingerprint density at radius 2 is 1.90 bits per heavy atom. The minimum absolute atomic E-state index is 0.784. The SMILES string of the molecule is CCN(CC1=CC=C(Br)CC=C1)CC1CCC(CN)CC1. The van der Waals surface area contributed by atoms with Gasteiger partial charge in [-0.1, -0.05) is 47.2 Å². The maximum atomic E-state index is 5.79. The average Bonchev–Trinajstić information content (AvgIpc) is 2.72. The van der Waals surface area contributed by atoms with Crippen LogP contribution in [-0.4, -0.2) is 31.1 Å². The molecule has 21 heavy (non-hydrogen) atoms. The molecule has 0 unspecified atom stereocenters. The Morgan fingerprint density at radius 3 is 2.57 bits per heavy atom. The van der Waals surface area contributed by atoms with Gasteiger partial charge in [0.1, 0.15) is 0 Å². The van der Waals surface area contributed by atoms with E-state index in [1.807, 2.05) is 0 Å². The average molecular weight is 353 g/mol. The van der Waals surface area contributed by atoms with Crippen LogP contribution in [-0.2, 0) is 0 Å². The highest BCUT2D eigenvalue weighted by molar-refractivity contribution is 9.11. The van der Waals surface area contributed by atoms with Gasteiger partial charge in [0, 0.05) is 13.1 Å². The van der Waals surface area contributed by atoms with Gasteiger partial charge in [-0.25, -0.2) is 0 Å². The predicted molar refractivity (Wildman–Crippen MR) is 95.5 cm³/mol. The second kappa shape index (κ2) is 8.92. The maximum absolute atomic E-state index is 5.79. The van der Waals surface area contributed by atoms with Crippen molar-refractivity contribution >= 4 is 15.9 Å². The fourth-order valence-electron chi connectivity index (χ4n) is 3.33. The number of likely N-dealkylation sites (N-methyl/N-ethyl adjacent to an activating group) is 1. The molecule has 0 spiro atoms. The Balaban J connectivity index is 1.83. The van der Waals surface area contributed by atoms with Crippen molar-refractivity contribution in [1.29, 1.82) is 0 Å². The van der Waals surface area contributed by atoms with Gasteiger partial charge < -0.3 is 5.73 Å². The van der Waals surface area contributed by atoms with Crippen LogP contribution in [0.5, 0.6) is 0 Å². The Bertz CT molecular complexity index is 403. The van der Waals surface area contributed by atoms with Crippen molar-refractivity contribution in [3.05, 3.63) is 34.4 Å². The molecule has 0 aliphatic heterocycles. The number of rotatable bonds is 6. The zero-order chi connectivity index (χ0) is 15.1. The lowest BCUT2D eigenvalue weighted by Crippen LogP contribution is -2.33. The van der Waals surface area contributed by atoms with Gasteiger partial charge in [-0.2, -0.15) is 0 Å². The first-order chi connectivity index (χ1) is 10.2. The summed E-state index contributed by atoms with van der Waals surface area (Å²) in [7, 11) is 0. The molecule has 2 aliphatic rings. The van der Waals surface area contributed by atoms with Crippen molar-refractivity contribution in [3.63, 3.8) is 0 Å². The Morgan fingerprint density at radius 1 is 1.19 bits per heavy atom. The largest absolute Gasteiger partial charge is 0.330 e. The van der Waals surface area contributed by atoms with E-state index in [-0.39, 0.29) is 0 Å². The van der Waals surface area contributed by atoms with E-state index >= 15 is 0 Å². The summed E-state index contributed by atoms with van der Waals surface area (Å²) in [5.41, 5.74) is 7.21. The molecule has 0 radical (unpaired) electrons. The van der Waals surface area contributed by atoms with Gasteiger partial charge in [0.15, 0.2) is 0 Å².